The summed E-state index contributed by atoms with van der Waals surface area (Å²) in [7, 11) is 0. The lowest BCUT2D eigenvalue weighted by Gasteiger charge is -2.07. The fourth-order valence-corrected chi connectivity index (χ4v) is 8.31. The molecule has 0 saturated heterocycles. The Bertz CT molecular complexity index is 3270. The monoisotopic (exact) mass is 767 g/mol. The van der Waals surface area contributed by atoms with Gasteiger partial charge in [0.2, 0.25) is 0 Å². The summed E-state index contributed by atoms with van der Waals surface area (Å²) in [5.74, 6) is -0.498. The van der Waals surface area contributed by atoms with Gasteiger partial charge in [-0.05, 0) is 99.4 Å². The molecule has 4 aromatic heterocycles. The van der Waals surface area contributed by atoms with Gasteiger partial charge in [0.05, 0.1) is 22.4 Å². The summed E-state index contributed by atoms with van der Waals surface area (Å²) in [5.41, 5.74) is 19.7. The van der Waals surface area contributed by atoms with Crippen molar-refractivity contribution in [2.45, 2.75) is 34.6 Å². The standard InChI is InChI=1S/C52H41N5O2/c1-29-6-14-34(15-7-29)47-38-28-45(56-51(38)46-33(5)57-59-52(46)58)50(37-20-12-32(4)13-21-37)44-27-26-43(55-44)49(36-18-10-31(3)11-19-36)42-25-24-41(54-42)48(40-23-22-39(47)53-40)35-16-8-30(2)9-17-35/h6-28,53,55-56H,1-5H3/b47-38?,47-39?,48-40?,48-41?,49-42?,49-43?,50-44?,50-45?,51-46+. The molecule has 2 aliphatic heterocycles. The summed E-state index contributed by atoms with van der Waals surface area (Å²) in [6.07, 6.45) is 4.25. The van der Waals surface area contributed by atoms with Crippen molar-refractivity contribution < 1.29 is 9.63 Å². The molecule has 8 aromatic rings. The van der Waals surface area contributed by atoms with Gasteiger partial charge < -0.3 is 19.8 Å². The predicted octanol–water partition coefficient (Wildman–Crippen LogP) is 12.0. The molecular weight excluding hydrogens is 727 g/mol. The number of aryl methyl sites for hydroxylation is 4. The first-order valence-electron chi connectivity index (χ1n) is 19.9. The summed E-state index contributed by atoms with van der Waals surface area (Å²) in [4.78, 5) is 35.8. The van der Waals surface area contributed by atoms with Gasteiger partial charge in [0.15, 0.2) is 0 Å². The fraction of sp³-hybridized carbons (Fsp3) is 0.0962. The Morgan fingerprint density at radius 1 is 0.441 bits per heavy atom. The number of hydrogen-bond acceptors (Lipinski definition) is 4. The van der Waals surface area contributed by atoms with E-state index in [0.717, 1.165) is 100.0 Å². The third kappa shape index (κ3) is 6.37. The van der Waals surface area contributed by atoms with Gasteiger partial charge in [-0.15, -0.1) is 0 Å². The van der Waals surface area contributed by atoms with Crippen molar-refractivity contribution in [3.8, 4) is 44.5 Å². The number of fused-ring (bicyclic) bond motifs is 8. The molecule has 6 heterocycles. The minimum atomic E-state index is -0.498. The van der Waals surface area contributed by atoms with Gasteiger partial charge in [-0.25, -0.2) is 9.78 Å². The number of aromatic amines is 3. The highest BCUT2D eigenvalue weighted by Gasteiger charge is 2.26. The van der Waals surface area contributed by atoms with Crippen molar-refractivity contribution in [2.75, 3.05) is 0 Å². The summed E-state index contributed by atoms with van der Waals surface area (Å²) < 4.78 is 0. The largest absolute Gasteiger partial charge is 0.369 e. The lowest BCUT2D eigenvalue weighted by atomic mass is 9.99. The van der Waals surface area contributed by atoms with Crippen molar-refractivity contribution in [3.05, 3.63) is 166 Å². The van der Waals surface area contributed by atoms with Crippen molar-refractivity contribution in [1.29, 1.82) is 0 Å². The van der Waals surface area contributed by atoms with Crippen molar-refractivity contribution in [1.82, 2.24) is 19.9 Å². The molecule has 10 rings (SSSR count). The van der Waals surface area contributed by atoms with Crippen molar-refractivity contribution >= 4 is 62.4 Å². The van der Waals surface area contributed by atoms with Crippen molar-refractivity contribution in [2.24, 2.45) is 5.16 Å². The smallest absolute Gasteiger partial charge is 0.354 e. The molecule has 0 aliphatic carbocycles. The second-order valence-corrected chi connectivity index (χ2v) is 15.7. The summed E-state index contributed by atoms with van der Waals surface area (Å²) in [6, 6.07) is 45.0. The number of benzene rings is 4. The van der Waals surface area contributed by atoms with E-state index in [0.29, 0.717) is 16.6 Å². The van der Waals surface area contributed by atoms with Gasteiger partial charge in [-0.1, -0.05) is 124 Å². The summed E-state index contributed by atoms with van der Waals surface area (Å²) >= 11 is 0. The molecule has 0 atom stereocenters. The molecular formula is C52H41N5O2. The Morgan fingerprint density at radius 2 is 0.831 bits per heavy atom. The van der Waals surface area contributed by atoms with Crippen LogP contribution in [-0.2, 0) is 9.63 Å². The molecule has 59 heavy (non-hydrogen) atoms. The van der Waals surface area contributed by atoms with Crippen LogP contribution < -0.4 is 5.35 Å². The van der Waals surface area contributed by atoms with E-state index in [2.05, 4.69) is 187 Å². The van der Waals surface area contributed by atoms with E-state index in [1.807, 2.05) is 6.92 Å². The Labute approximate surface area is 341 Å². The quantitative estimate of drug-likeness (QED) is 0.156. The van der Waals surface area contributed by atoms with E-state index in [1.54, 1.807) is 0 Å². The average Bonchev–Trinajstić information content (AvgIpc) is 4.10. The zero-order chi connectivity index (χ0) is 40.4. The second-order valence-electron chi connectivity index (χ2n) is 15.7. The topological polar surface area (TPSA) is 98.9 Å². The molecule has 0 fully saturated rings. The van der Waals surface area contributed by atoms with Crippen LogP contribution in [0, 0.1) is 27.7 Å². The zero-order valence-corrected chi connectivity index (χ0v) is 33.5. The Hall–Kier alpha value is -7.51. The van der Waals surface area contributed by atoms with Crippen LogP contribution in [0.25, 0.3) is 95.2 Å². The minimum absolute atomic E-state index is 0.395. The van der Waals surface area contributed by atoms with Gasteiger partial charge in [0.25, 0.3) is 0 Å². The number of hydrogen-bond donors (Lipinski definition) is 3. The molecule has 7 nitrogen and oxygen atoms in total. The fourth-order valence-electron chi connectivity index (χ4n) is 8.31. The first-order chi connectivity index (χ1) is 28.7. The first kappa shape index (κ1) is 35.9. The number of nitrogens with zero attached hydrogens (tertiary/aromatic N) is 2. The Balaban J connectivity index is 1.47. The molecule has 3 N–H and O–H groups in total. The van der Waals surface area contributed by atoms with E-state index in [4.69, 9.17) is 9.82 Å². The number of carbonyl (C=O) groups is 1. The summed E-state index contributed by atoms with van der Waals surface area (Å²) in [5, 5.41) is 5.60. The SMILES string of the molecule is CC1=NOC(=O)/C1=c1/[nH]c2cc1c(-c1ccc(C)cc1)c1ccc([nH]1)c(-c1ccc(C)cc1)c1nc(c(-c3ccc(C)cc3)c3ccc([nH]3)c2-c2ccc(C)cc2)C=C1. The third-order valence-electron chi connectivity index (χ3n) is 11.4. The molecule has 0 radical (unpaired) electrons. The van der Waals surface area contributed by atoms with Crippen LogP contribution in [0.3, 0.4) is 0 Å². The first-order valence-corrected chi connectivity index (χ1v) is 19.9. The zero-order valence-electron chi connectivity index (χ0n) is 33.5. The predicted molar refractivity (Wildman–Crippen MR) is 243 cm³/mol. The van der Waals surface area contributed by atoms with Gasteiger partial charge in [0, 0.05) is 55.2 Å². The van der Waals surface area contributed by atoms with Crippen LogP contribution >= 0.6 is 0 Å². The van der Waals surface area contributed by atoms with Crippen LogP contribution in [0.15, 0.2) is 133 Å². The maximum atomic E-state index is 13.6. The molecule has 0 amide bonds. The lowest BCUT2D eigenvalue weighted by Crippen LogP contribution is -2.17. The number of rotatable bonds is 4. The van der Waals surface area contributed by atoms with Gasteiger partial charge >= 0.3 is 5.97 Å². The average molecular weight is 768 g/mol. The van der Waals surface area contributed by atoms with Gasteiger partial charge in [-0.3, -0.25) is 0 Å². The van der Waals surface area contributed by atoms with Crippen LogP contribution in [0.5, 0.6) is 0 Å². The summed E-state index contributed by atoms with van der Waals surface area (Å²) in [6.45, 7) is 10.2. The van der Waals surface area contributed by atoms with Crippen LogP contribution in [0.2, 0.25) is 0 Å². The van der Waals surface area contributed by atoms with E-state index >= 15 is 0 Å². The number of aromatic nitrogens is 4. The van der Waals surface area contributed by atoms with E-state index in [1.165, 1.54) is 11.1 Å². The minimum Gasteiger partial charge on any atom is -0.354 e. The molecule has 4 aromatic carbocycles. The lowest BCUT2D eigenvalue weighted by molar-refractivity contribution is -0.135. The number of nitrogens with one attached hydrogen (secondary N) is 3. The van der Waals surface area contributed by atoms with Gasteiger partial charge in [-0.2, -0.15) is 0 Å². The number of oxime groups is 1. The Kier molecular flexibility index (Phi) is 8.60. The second kappa shape index (κ2) is 14.1. The number of H-pyrrole nitrogens is 3. The third-order valence-corrected chi connectivity index (χ3v) is 11.4. The van der Waals surface area contributed by atoms with E-state index < -0.39 is 5.97 Å². The van der Waals surface area contributed by atoms with E-state index in [9.17, 15) is 4.79 Å². The van der Waals surface area contributed by atoms with Crippen LogP contribution in [-0.4, -0.2) is 31.6 Å². The highest BCUT2D eigenvalue weighted by molar-refractivity contribution is 6.42. The maximum Gasteiger partial charge on any atom is 0.369 e. The van der Waals surface area contributed by atoms with Gasteiger partial charge in [0.1, 0.15) is 5.57 Å². The molecule has 8 bridgehead atoms. The van der Waals surface area contributed by atoms with Crippen LogP contribution in [0.4, 0.5) is 0 Å². The molecule has 7 heteroatoms. The Morgan fingerprint density at radius 3 is 1.25 bits per heavy atom. The molecule has 0 saturated carbocycles. The normalized spacial score (nSPS) is 13.9. The van der Waals surface area contributed by atoms with Crippen molar-refractivity contribution in [3.63, 3.8) is 0 Å². The van der Waals surface area contributed by atoms with Crippen LogP contribution in [0.1, 0.15) is 40.6 Å². The highest BCUT2D eigenvalue weighted by Crippen LogP contribution is 2.38. The molecule has 0 unspecified atom stereocenters. The maximum absolute atomic E-state index is 13.6. The molecule has 2 aliphatic rings. The highest BCUT2D eigenvalue weighted by atomic mass is 16.7. The molecule has 0 spiro atoms. The molecule has 286 valence electrons. The van der Waals surface area contributed by atoms with E-state index in [-0.39, 0.29) is 0 Å². The number of carbonyl (C=O) groups excluding carboxylic acids is 1.